The number of carbonyl (C=O) groups is 3. The van der Waals surface area contributed by atoms with Gasteiger partial charge in [-0.05, 0) is 62.4 Å². The minimum atomic E-state index is -0.491. The van der Waals surface area contributed by atoms with Gasteiger partial charge < -0.3 is 5.32 Å². The lowest BCUT2D eigenvalue weighted by Gasteiger charge is -2.06. The van der Waals surface area contributed by atoms with Crippen molar-refractivity contribution in [2.24, 2.45) is 0 Å². The van der Waals surface area contributed by atoms with E-state index in [1.165, 1.54) is 43.4 Å². The molecular weight excluding hydrogens is 405 g/mol. The van der Waals surface area contributed by atoms with Gasteiger partial charge in [-0.3, -0.25) is 19.7 Å². The first-order valence-electron chi connectivity index (χ1n) is 8.95. The maximum atomic E-state index is 13.0. The van der Waals surface area contributed by atoms with Crippen LogP contribution in [0.3, 0.4) is 0 Å². The van der Waals surface area contributed by atoms with Crippen LogP contribution in [0.1, 0.15) is 24.2 Å². The van der Waals surface area contributed by atoms with Crippen molar-refractivity contribution < 1.29 is 18.8 Å². The Labute approximate surface area is 176 Å². The zero-order valence-electron chi connectivity index (χ0n) is 16.2. The topological polar surface area (TPSA) is 88.2 Å². The van der Waals surface area contributed by atoms with Crippen molar-refractivity contribution in [2.75, 3.05) is 10.6 Å². The molecule has 3 rings (SSSR count). The largest absolute Gasteiger partial charge is 0.322 e. The molecule has 1 aromatic heterocycles. The van der Waals surface area contributed by atoms with Gasteiger partial charge in [0.15, 0.2) is 10.9 Å². The van der Waals surface area contributed by atoms with E-state index in [-0.39, 0.29) is 17.2 Å². The Morgan fingerprint density at radius 1 is 0.967 bits per heavy atom. The van der Waals surface area contributed by atoms with E-state index in [4.69, 9.17) is 0 Å². The molecule has 6 nitrogen and oxygen atoms in total. The van der Waals surface area contributed by atoms with Crippen molar-refractivity contribution >= 4 is 39.8 Å². The van der Waals surface area contributed by atoms with Crippen LogP contribution in [-0.4, -0.2) is 22.6 Å². The summed E-state index contributed by atoms with van der Waals surface area (Å²) in [5.41, 5.74) is 2.61. The predicted octanol–water partition coefficient (Wildman–Crippen LogP) is 4.68. The molecule has 0 aliphatic heterocycles. The number of hydrogen-bond acceptors (Lipinski definition) is 5. The summed E-state index contributed by atoms with van der Waals surface area (Å²) >= 11 is 1.22. The third-order valence-electron chi connectivity index (χ3n) is 4.13. The molecule has 1 heterocycles. The second-order valence-electron chi connectivity index (χ2n) is 6.45. The number of thiazole rings is 1. The van der Waals surface area contributed by atoms with Crippen LogP contribution >= 0.6 is 11.3 Å². The van der Waals surface area contributed by atoms with Gasteiger partial charge in [0, 0.05) is 33.8 Å². The summed E-state index contributed by atoms with van der Waals surface area (Å²) in [5, 5.41) is 7.39. The van der Waals surface area contributed by atoms with Gasteiger partial charge in [0.1, 0.15) is 5.82 Å². The van der Waals surface area contributed by atoms with Crippen LogP contribution in [0, 0.1) is 5.82 Å². The predicted molar refractivity (Wildman–Crippen MR) is 115 cm³/mol. The van der Waals surface area contributed by atoms with Crippen LogP contribution in [0.2, 0.25) is 0 Å². The SMILES string of the molecule is CC(=O)c1ccc(NC(=O)/C(C)=C\C(=O)Nc2nc(-c3ccc(F)cc3)cs2)cc1. The molecule has 0 radical (unpaired) electrons. The smallest absolute Gasteiger partial charge is 0.251 e. The lowest BCUT2D eigenvalue weighted by Crippen LogP contribution is -2.16. The molecule has 0 atom stereocenters. The average Bonchev–Trinajstić information content (AvgIpc) is 3.17. The molecule has 0 saturated carbocycles. The molecular formula is C22H18FN3O3S. The molecule has 0 unspecified atom stereocenters. The minimum Gasteiger partial charge on any atom is -0.322 e. The van der Waals surface area contributed by atoms with Gasteiger partial charge in [0.2, 0.25) is 0 Å². The molecule has 2 amide bonds. The number of anilines is 2. The Morgan fingerprint density at radius 2 is 1.63 bits per heavy atom. The van der Waals surface area contributed by atoms with E-state index in [2.05, 4.69) is 15.6 Å². The summed E-state index contributed by atoms with van der Waals surface area (Å²) in [6, 6.07) is 12.4. The Kier molecular flexibility index (Phi) is 6.48. The van der Waals surface area contributed by atoms with Crippen molar-refractivity contribution in [3.05, 3.63) is 76.9 Å². The molecule has 0 aliphatic rings. The number of rotatable bonds is 6. The van der Waals surface area contributed by atoms with Gasteiger partial charge in [0.25, 0.3) is 11.8 Å². The maximum Gasteiger partial charge on any atom is 0.251 e. The monoisotopic (exact) mass is 423 g/mol. The van der Waals surface area contributed by atoms with Crippen molar-refractivity contribution in [3.63, 3.8) is 0 Å². The highest BCUT2D eigenvalue weighted by atomic mass is 32.1. The highest BCUT2D eigenvalue weighted by Crippen LogP contribution is 2.25. The van der Waals surface area contributed by atoms with Crippen LogP contribution < -0.4 is 10.6 Å². The molecule has 0 bridgehead atoms. The van der Waals surface area contributed by atoms with Crippen molar-refractivity contribution in [1.82, 2.24) is 4.98 Å². The van der Waals surface area contributed by atoms with E-state index >= 15 is 0 Å². The quantitative estimate of drug-likeness (QED) is 0.445. The fourth-order valence-corrected chi connectivity index (χ4v) is 3.23. The van der Waals surface area contributed by atoms with Crippen molar-refractivity contribution in [3.8, 4) is 11.3 Å². The third kappa shape index (κ3) is 5.45. The van der Waals surface area contributed by atoms with Crippen LogP contribution in [0.25, 0.3) is 11.3 Å². The lowest BCUT2D eigenvalue weighted by atomic mass is 10.1. The van der Waals surface area contributed by atoms with Crippen LogP contribution in [0.4, 0.5) is 15.2 Å². The maximum absolute atomic E-state index is 13.0. The van der Waals surface area contributed by atoms with Gasteiger partial charge in [0.05, 0.1) is 5.69 Å². The molecule has 0 fully saturated rings. The Morgan fingerprint density at radius 3 is 2.27 bits per heavy atom. The number of halogens is 1. The number of nitrogens with zero attached hydrogens (tertiary/aromatic N) is 1. The second-order valence-corrected chi connectivity index (χ2v) is 7.31. The molecule has 30 heavy (non-hydrogen) atoms. The van der Waals surface area contributed by atoms with Crippen LogP contribution in [0.5, 0.6) is 0 Å². The summed E-state index contributed by atoms with van der Waals surface area (Å²) in [6.45, 7) is 2.98. The summed E-state index contributed by atoms with van der Waals surface area (Å²) in [6.07, 6.45) is 1.18. The van der Waals surface area contributed by atoms with Crippen LogP contribution in [-0.2, 0) is 9.59 Å². The molecule has 2 aromatic carbocycles. The van der Waals surface area contributed by atoms with Crippen LogP contribution in [0.15, 0.2) is 65.6 Å². The Hall–Kier alpha value is -3.65. The summed E-state index contributed by atoms with van der Waals surface area (Å²) < 4.78 is 13.0. The minimum absolute atomic E-state index is 0.0644. The Balaban J connectivity index is 1.60. The third-order valence-corrected chi connectivity index (χ3v) is 4.89. The molecule has 152 valence electrons. The number of benzene rings is 2. The molecule has 0 spiro atoms. The zero-order valence-corrected chi connectivity index (χ0v) is 17.0. The van der Waals surface area contributed by atoms with E-state index in [0.717, 1.165) is 5.56 Å². The van der Waals surface area contributed by atoms with Gasteiger partial charge in [-0.15, -0.1) is 11.3 Å². The Bertz CT molecular complexity index is 1120. The standard InChI is InChI=1S/C22H18FN3O3S/c1-13(21(29)24-18-9-5-15(6-10-18)14(2)27)11-20(28)26-22-25-19(12-30-22)16-3-7-17(23)8-4-16/h3-12H,1-2H3,(H,24,29)(H,25,26,28)/b13-11-. The molecule has 2 N–H and O–H groups in total. The number of amides is 2. The first-order chi connectivity index (χ1) is 14.3. The first kappa shape index (κ1) is 21.1. The lowest BCUT2D eigenvalue weighted by molar-refractivity contribution is -0.114. The zero-order chi connectivity index (χ0) is 21.7. The number of nitrogens with one attached hydrogen (secondary N) is 2. The summed E-state index contributed by atoms with van der Waals surface area (Å²) in [7, 11) is 0. The van der Waals surface area contributed by atoms with E-state index < -0.39 is 11.8 Å². The fraction of sp³-hybridized carbons (Fsp3) is 0.0909. The molecule has 0 aliphatic carbocycles. The number of Topliss-reactive ketones (excluding diaryl/α,β-unsaturated/α-hetero) is 1. The van der Waals surface area contributed by atoms with Crippen molar-refractivity contribution in [1.29, 1.82) is 0 Å². The fourth-order valence-electron chi connectivity index (χ4n) is 2.51. The van der Waals surface area contributed by atoms with Gasteiger partial charge in [-0.25, -0.2) is 9.37 Å². The highest BCUT2D eigenvalue weighted by Gasteiger charge is 2.10. The first-order valence-corrected chi connectivity index (χ1v) is 9.83. The molecule has 0 saturated heterocycles. The second kappa shape index (κ2) is 9.23. The van der Waals surface area contributed by atoms with Gasteiger partial charge in [-0.2, -0.15) is 0 Å². The summed E-state index contributed by atoms with van der Waals surface area (Å²) in [4.78, 5) is 40.1. The molecule has 3 aromatic rings. The number of ketones is 1. The van der Waals surface area contributed by atoms with E-state index in [1.807, 2.05) is 0 Å². The number of hydrogen-bond donors (Lipinski definition) is 2. The van der Waals surface area contributed by atoms with Gasteiger partial charge in [-0.1, -0.05) is 0 Å². The number of carbonyl (C=O) groups excluding carboxylic acids is 3. The van der Waals surface area contributed by atoms with E-state index in [9.17, 15) is 18.8 Å². The highest BCUT2D eigenvalue weighted by molar-refractivity contribution is 7.14. The normalized spacial score (nSPS) is 11.1. The number of aromatic nitrogens is 1. The van der Waals surface area contributed by atoms with E-state index in [0.29, 0.717) is 22.1 Å². The summed E-state index contributed by atoms with van der Waals surface area (Å²) in [5.74, 6) is -1.33. The molecule has 8 heteroatoms. The van der Waals surface area contributed by atoms with Gasteiger partial charge >= 0.3 is 0 Å². The van der Waals surface area contributed by atoms with E-state index in [1.54, 1.807) is 41.8 Å². The van der Waals surface area contributed by atoms with Crippen molar-refractivity contribution in [2.45, 2.75) is 13.8 Å². The average molecular weight is 423 g/mol.